The Morgan fingerprint density at radius 1 is 1.07 bits per heavy atom. The van der Waals surface area contributed by atoms with Gasteiger partial charge in [-0.2, -0.15) is 0 Å². The summed E-state index contributed by atoms with van der Waals surface area (Å²) in [5, 5.41) is 0. The number of anilines is 2. The Balaban J connectivity index is 1.49. The van der Waals surface area contributed by atoms with Crippen molar-refractivity contribution >= 4 is 17.7 Å². The Hall–Kier alpha value is -2.40. The van der Waals surface area contributed by atoms with Crippen LogP contribution in [0.25, 0.3) is 6.08 Å². The predicted octanol–water partition coefficient (Wildman–Crippen LogP) is 3.55. The number of rotatable bonds is 8. The van der Waals surface area contributed by atoms with E-state index in [-0.39, 0.29) is 0 Å². The molecular formula is C22H31N5. The minimum Gasteiger partial charge on any atom is -0.360 e. The van der Waals surface area contributed by atoms with Gasteiger partial charge in [-0.05, 0) is 12.0 Å². The van der Waals surface area contributed by atoms with E-state index in [0.29, 0.717) is 0 Å². The van der Waals surface area contributed by atoms with Crippen LogP contribution < -0.4 is 9.80 Å². The third kappa shape index (κ3) is 5.79. The van der Waals surface area contributed by atoms with Gasteiger partial charge in [-0.3, -0.25) is 4.90 Å². The van der Waals surface area contributed by atoms with Crippen LogP contribution in [0.15, 0.2) is 48.8 Å². The molecule has 2 aromatic rings. The van der Waals surface area contributed by atoms with Crippen molar-refractivity contribution in [2.24, 2.45) is 0 Å². The van der Waals surface area contributed by atoms with Crippen LogP contribution in [0.3, 0.4) is 0 Å². The second-order valence-electron chi connectivity index (χ2n) is 7.11. The van der Waals surface area contributed by atoms with Gasteiger partial charge in [0, 0.05) is 52.4 Å². The summed E-state index contributed by atoms with van der Waals surface area (Å²) < 4.78 is 0. The number of benzene rings is 1. The van der Waals surface area contributed by atoms with Crippen molar-refractivity contribution in [3.8, 4) is 0 Å². The van der Waals surface area contributed by atoms with Gasteiger partial charge in [-0.25, -0.2) is 9.97 Å². The Labute approximate surface area is 163 Å². The topological polar surface area (TPSA) is 35.5 Å². The first kappa shape index (κ1) is 19.4. The van der Waals surface area contributed by atoms with Crippen LogP contribution in [0.1, 0.15) is 25.3 Å². The largest absolute Gasteiger partial charge is 0.360 e. The minimum atomic E-state index is 0.998. The van der Waals surface area contributed by atoms with E-state index in [2.05, 4.69) is 87.2 Å². The molecule has 2 heterocycles. The molecule has 0 aliphatic carbocycles. The lowest BCUT2D eigenvalue weighted by atomic mass is 10.2. The van der Waals surface area contributed by atoms with Gasteiger partial charge in [0.2, 0.25) is 0 Å². The summed E-state index contributed by atoms with van der Waals surface area (Å²) in [5.74, 6) is 2.06. The van der Waals surface area contributed by atoms with Gasteiger partial charge < -0.3 is 9.80 Å². The van der Waals surface area contributed by atoms with Crippen LogP contribution in [0.2, 0.25) is 0 Å². The first-order chi connectivity index (χ1) is 13.3. The lowest BCUT2D eigenvalue weighted by Crippen LogP contribution is -2.46. The van der Waals surface area contributed by atoms with E-state index in [1.54, 1.807) is 6.33 Å². The summed E-state index contributed by atoms with van der Waals surface area (Å²) in [5.41, 5.74) is 1.26. The fourth-order valence-electron chi connectivity index (χ4n) is 3.29. The van der Waals surface area contributed by atoms with Gasteiger partial charge in [0.15, 0.2) is 0 Å². The SMILES string of the molecule is CCCCN(C)c1cc(N2CCN(C/C=C/c3ccccc3)CC2)ncn1. The Morgan fingerprint density at radius 3 is 2.59 bits per heavy atom. The highest BCUT2D eigenvalue weighted by Gasteiger charge is 2.18. The van der Waals surface area contributed by atoms with Gasteiger partial charge in [0.05, 0.1) is 0 Å². The number of unbranched alkanes of at least 4 members (excludes halogenated alkanes) is 1. The summed E-state index contributed by atoms with van der Waals surface area (Å²) in [6.07, 6.45) is 8.54. The van der Waals surface area contributed by atoms with Gasteiger partial charge >= 0.3 is 0 Å². The maximum Gasteiger partial charge on any atom is 0.134 e. The smallest absolute Gasteiger partial charge is 0.134 e. The van der Waals surface area contributed by atoms with E-state index >= 15 is 0 Å². The van der Waals surface area contributed by atoms with Crippen molar-refractivity contribution in [1.29, 1.82) is 0 Å². The molecular weight excluding hydrogens is 334 g/mol. The van der Waals surface area contributed by atoms with Crippen LogP contribution in [0, 0.1) is 0 Å². The van der Waals surface area contributed by atoms with Gasteiger partial charge in [0.1, 0.15) is 18.0 Å². The zero-order valence-corrected chi connectivity index (χ0v) is 16.6. The van der Waals surface area contributed by atoms with E-state index in [1.807, 2.05) is 0 Å². The maximum atomic E-state index is 4.51. The maximum absolute atomic E-state index is 4.51. The van der Waals surface area contributed by atoms with E-state index < -0.39 is 0 Å². The summed E-state index contributed by atoms with van der Waals surface area (Å²) >= 11 is 0. The molecule has 0 unspecified atom stereocenters. The number of piperazine rings is 1. The van der Waals surface area contributed by atoms with E-state index in [0.717, 1.165) is 50.9 Å². The van der Waals surface area contributed by atoms with Crippen LogP contribution in [0.5, 0.6) is 0 Å². The number of nitrogens with zero attached hydrogens (tertiary/aromatic N) is 5. The molecule has 1 saturated heterocycles. The fourth-order valence-corrected chi connectivity index (χ4v) is 3.29. The van der Waals surface area contributed by atoms with E-state index in [1.165, 1.54) is 18.4 Å². The molecule has 0 atom stereocenters. The number of hydrogen-bond acceptors (Lipinski definition) is 5. The molecule has 27 heavy (non-hydrogen) atoms. The third-order valence-corrected chi connectivity index (χ3v) is 5.05. The van der Waals surface area contributed by atoms with E-state index in [4.69, 9.17) is 0 Å². The molecule has 1 aliphatic rings. The molecule has 0 amide bonds. The molecule has 0 N–H and O–H groups in total. The van der Waals surface area contributed by atoms with Crippen molar-refractivity contribution in [3.63, 3.8) is 0 Å². The van der Waals surface area contributed by atoms with Crippen LogP contribution in [-0.4, -0.2) is 61.2 Å². The van der Waals surface area contributed by atoms with Gasteiger partial charge in [-0.1, -0.05) is 55.8 Å². The lowest BCUT2D eigenvalue weighted by Gasteiger charge is -2.35. The first-order valence-corrected chi connectivity index (χ1v) is 9.98. The summed E-state index contributed by atoms with van der Waals surface area (Å²) in [7, 11) is 2.11. The average Bonchev–Trinajstić information content (AvgIpc) is 2.73. The first-order valence-electron chi connectivity index (χ1n) is 9.98. The predicted molar refractivity (Wildman–Crippen MR) is 114 cm³/mol. The third-order valence-electron chi connectivity index (χ3n) is 5.05. The Morgan fingerprint density at radius 2 is 1.85 bits per heavy atom. The number of aromatic nitrogens is 2. The molecule has 144 valence electrons. The van der Waals surface area contributed by atoms with Crippen LogP contribution in [-0.2, 0) is 0 Å². The zero-order valence-electron chi connectivity index (χ0n) is 16.6. The summed E-state index contributed by atoms with van der Waals surface area (Å²) in [4.78, 5) is 16.0. The molecule has 1 fully saturated rings. The van der Waals surface area contributed by atoms with Crippen molar-refractivity contribution in [3.05, 3.63) is 54.4 Å². The fraction of sp³-hybridized carbons (Fsp3) is 0.455. The van der Waals surface area contributed by atoms with Crippen molar-refractivity contribution in [1.82, 2.24) is 14.9 Å². The van der Waals surface area contributed by atoms with Crippen molar-refractivity contribution in [2.45, 2.75) is 19.8 Å². The normalized spacial score (nSPS) is 15.4. The Bertz CT molecular complexity index is 708. The molecule has 5 heteroatoms. The van der Waals surface area contributed by atoms with Crippen LogP contribution in [0.4, 0.5) is 11.6 Å². The second-order valence-corrected chi connectivity index (χ2v) is 7.11. The van der Waals surface area contributed by atoms with E-state index in [9.17, 15) is 0 Å². The molecule has 1 aliphatic heterocycles. The van der Waals surface area contributed by atoms with Crippen LogP contribution >= 0.6 is 0 Å². The quantitative estimate of drug-likeness (QED) is 0.715. The number of hydrogen-bond donors (Lipinski definition) is 0. The molecule has 1 aromatic heterocycles. The summed E-state index contributed by atoms with van der Waals surface area (Å²) in [6.45, 7) is 8.39. The lowest BCUT2D eigenvalue weighted by molar-refractivity contribution is 0.283. The van der Waals surface area contributed by atoms with Crippen molar-refractivity contribution in [2.75, 3.05) is 56.1 Å². The standard InChI is InChI=1S/C22H31N5/c1-3-4-12-25(2)21-18-22(24-19-23-21)27-16-14-26(15-17-27)13-8-11-20-9-6-5-7-10-20/h5-11,18-19H,3-4,12-17H2,1-2H3/b11-8+. The monoisotopic (exact) mass is 365 g/mol. The average molecular weight is 366 g/mol. The van der Waals surface area contributed by atoms with Gasteiger partial charge in [-0.15, -0.1) is 0 Å². The molecule has 0 spiro atoms. The van der Waals surface area contributed by atoms with Crippen molar-refractivity contribution < 1.29 is 0 Å². The molecule has 5 nitrogen and oxygen atoms in total. The highest BCUT2D eigenvalue weighted by atomic mass is 15.3. The molecule has 1 aromatic carbocycles. The second kappa shape index (κ2) is 10.1. The Kier molecular flexibility index (Phi) is 7.22. The zero-order chi connectivity index (χ0) is 18.9. The molecule has 3 rings (SSSR count). The molecule has 0 bridgehead atoms. The molecule has 0 radical (unpaired) electrons. The minimum absolute atomic E-state index is 0.998. The van der Waals surface area contributed by atoms with Gasteiger partial charge in [0.25, 0.3) is 0 Å². The molecule has 0 saturated carbocycles. The summed E-state index contributed by atoms with van der Waals surface area (Å²) in [6, 6.07) is 12.6. The highest BCUT2D eigenvalue weighted by Crippen LogP contribution is 2.18. The highest BCUT2D eigenvalue weighted by molar-refractivity contribution is 5.50.